The van der Waals surface area contributed by atoms with Gasteiger partial charge in [0.1, 0.15) is 6.04 Å². The standard InChI is InChI=1S/C28H27N3O4/c32-26(33)19-18-24(28-31-30-25(35-28)13-7-10-20-8-3-1-4-9-20)29-27(34)23-16-14-22(15-17-23)21-11-5-2-6-12-21/h1-6,8-9,11-12,14-17,24H,7,10,13,18-19H2,(H,29,34)(H,32,33)/t24-/m0/s1. The number of nitrogens with one attached hydrogen (secondary N) is 1. The Kier molecular flexibility index (Phi) is 8.01. The van der Waals surface area contributed by atoms with Crippen molar-refractivity contribution in [1.82, 2.24) is 15.5 Å². The van der Waals surface area contributed by atoms with Crippen molar-refractivity contribution in [2.75, 3.05) is 0 Å². The molecule has 4 aromatic rings. The molecule has 3 aromatic carbocycles. The maximum Gasteiger partial charge on any atom is 0.303 e. The van der Waals surface area contributed by atoms with E-state index in [1.54, 1.807) is 12.1 Å². The first-order chi connectivity index (χ1) is 17.1. The molecule has 1 atom stereocenters. The summed E-state index contributed by atoms with van der Waals surface area (Å²) >= 11 is 0. The highest BCUT2D eigenvalue weighted by Crippen LogP contribution is 2.22. The number of benzene rings is 3. The lowest BCUT2D eigenvalue weighted by Gasteiger charge is -2.14. The maximum absolute atomic E-state index is 12.9. The van der Waals surface area contributed by atoms with Crippen LogP contribution in [0.3, 0.4) is 0 Å². The molecule has 2 N–H and O–H groups in total. The van der Waals surface area contributed by atoms with Gasteiger partial charge in [-0.05, 0) is 48.1 Å². The summed E-state index contributed by atoms with van der Waals surface area (Å²) in [6, 6.07) is 26.6. The second-order valence-corrected chi connectivity index (χ2v) is 8.28. The molecule has 1 aromatic heterocycles. The monoisotopic (exact) mass is 469 g/mol. The van der Waals surface area contributed by atoms with Gasteiger partial charge in [-0.1, -0.05) is 72.8 Å². The third-order valence-corrected chi connectivity index (χ3v) is 5.69. The van der Waals surface area contributed by atoms with E-state index in [9.17, 15) is 9.59 Å². The number of carbonyl (C=O) groups is 2. The van der Waals surface area contributed by atoms with Gasteiger partial charge in [-0.3, -0.25) is 9.59 Å². The van der Waals surface area contributed by atoms with E-state index in [0.717, 1.165) is 24.0 Å². The van der Waals surface area contributed by atoms with Gasteiger partial charge in [-0.2, -0.15) is 0 Å². The summed E-state index contributed by atoms with van der Waals surface area (Å²) < 4.78 is 5.80. The van der Waals surface area contributed by atoms with Crippen molar-refractivity contribution in [3.63, 3.8) is 0 Å². The Hall–Kier alpha value is -4.26. The highest BCUT2D eigenvalue weighted by Gasteiger charge is 2.23. The molecule has 4 rings (SSSR count). The number of carboxylic acids is 1. The van der Waals surface area contributed by atoms with Crippen LogP contribution in [0.15, 0.2) is 89.3 Å². The maximum atomic E-state index is 12.9. The van der Waals surface area contributed by atoms with Crippen LogP contribution < -0.4 is 5.32 Å². The zero-order valence-corrected chi connectivity index (χ0v) is 19.3. The number of rotatable bonds is 11. The van der Waals surface area contributed by atoms with Crippen molar-refractivity contribution in [2.45, 2.75) is 38.1 Å². The molecule has 7 nitrogen and oxygen atoms in total. The summed E-state index contributed by atoms with van der Waals surface area (Å²) in [5.41, 5.74) is 3.76. The van der Waals surface area contributed by atoms with Crippen LogP contribution in [0.2, 0.25) is 0 Å². The summed E-state index contributed by atoms with van der Waals surface area (Å²) in [7, 11) is 0. The Morgan fingerprint density at radius 3 is 2.17 bits per heavy atom. The third kappa shape index (κ3) is 6.86. The van der Waals surface area contributed by atoms with Gasteiger partial charge in [0.05, 0.1) is 0 Å². The first kappa shape index (κ1) is 23.9. The lowest BCUT2D eigenvalue weighted by Crippen LogP contribution is -2.29. The second-order valence-electron chi connectivity index (χ2n) is 8.28. The molecule has 7 heteroatoms. The molecule has 0 aliphatic heterocycles. The van der Waals surface area contributed by atoms with Crippen LogP contribution >= 0.6 is 0 Å². The number of aryl methyl sites for hydroxylation is 2. The van der Waals surface area contributed by atoms with Crippen LogP contribution in [-0.2, 0) is 17.6 Å². The minimum Gasteiger partial charge on any atom is -0.481 e. The van der Waals surface area contributed by atoms with Crippen molar-refractivity contribution in [2.24, 2.45) is 0 Å². The molecular weight excluding hydrogens is 442 g/mol. The topological polar surface area (TPSA) is 105 Å². The molecule has 0 fully saturated rings. The SMILES string of the molecule is O=C(O)CC[C@H](NC(=O)c1ccc(-c2ccccc2)cc1)c1nnc(CCCc2ccccc2)o1. The average Bonchev–Trinajstić information content (AvgIpc) is 3.36. The Morgan fingerprint density at radius 2 is 1.49 bits per heavy atom. The molecule has 1 heterocycles. The normalized spacial score (nSPS) is 11.7. The summed E-state index contributed by atoms with van der Waals surface area (Å²) in [5.74, 6) is -0.601. The molecule has 0 saturated carbocycles. The van der Waals surface area contributed by atoms with Gasteiger partial charge in [-0.25, -0.2) is 0 Å². The molecule has 1 amide bonds. The van der Waals surface area contributed by atoms with E-state index in [1.165, 1.54) is 5.56 Å². The highest BCUT2D eigenvalue weighted by atomic mass is 16.4. The fraction of sp³-hybridized carbons (Fsp3) is 0.214. The van der Waals surface area contributed by atoms with Gasteiger partial charge in [0, 0.05) is 18.4 Å². The Morgan fingerprint density at radius 1 is 0.829 bits per heavy atom. The summed E-state index contributed by atoms with van der Waals surface area (Å²) in [5, 5.41) is 20.2. The fourth-order valence-electron chi connectivity index (χ4n) is 3.81. The minimum absolute atomic E-state index is 0.135. The molecule has 0 aliphatic rings. The molecule has 0 spiro atoms. The van der Waals surface area contributed by atoms with Crippen molar-refractivity contribution in [1.29, 1.82) is 0 Å². The third-order valence-electron chi connectivity index (χ3n) is 5.69. The van der Waals surface area contributed by atoms with E-state index in [1.807, 2.05) is 60.7 Å². The van der Waals surface area contributed by atoms with E-state index < -0.39 is 12.0 Å². The van der Waals surface area contributed by atoms with Crippen LogP contribution in [0, 0.1) is 0 Å². The highest BCUT2D eigenvalue weighted by molar-refractivity contribution is 5.94. The quantitative estimate of drug-likeness (QED) is 0.311. The van der Waals surface area contributed by atoms with Crippen molar-refractivity contribution in [3.05, 3.63) is 108 Å². The van der Waals surface area contributed by atoms with Gasteiger partial charge >= 0.3 is 5.97 Å². The van der Waals surface area contributed by atoms with E-state index in [0.29, 0.717) is 17.9 Å². The molecule has 0 aliphatic carbocycles. The number of aromatic nitrogens is 2. The number of hydrogen-bond acceptors (Lipinski definition) is 5. The number of nitrogens with zero attached hydrogens (tertiary/aromatic N) is 2. The predicted octanol–water partition coefficient (Wildman–Crippen LogP) is 5.25. The van der Waals surface area contributed by atoms with Gasteiger partial charge in [0.15, 0.2) is 0 Å². The van der Waals surface area contributed by atoms with Crippen molar-refractivity contribution >= 4 is 11.9 Å². The Bertz CT molecular complexity index is 1240. The van der Waals surface area contributed by atoms with Gasteiger partial charge in [0.25, 0.3) is 5.91 Å². The zero-order valence-electron chi connectivity index (χ0n) is 19.3. The number of carboxylic acid groups (broad SMARTS) is 1. The van der Waals surface area contributed by atoms with Gasteiger partial charge < -0.3 is 14.8 Å². The first-order valence-corrected chi connectivity index (χ1v) is 11.6. The van der Waals surface area contributed by atoms with Gasteiger partial charge in [-0.15, -0.1) is 10.2 Å². The van der Waals surface area contributed by atoms with Crippen LogP contribution in [0.5, 0.6) is 0 Å². The van der Waals surface area contributed by atoms with Crippen molar-refractivity contribution < 1.29 is 19.1 Å². The van der Waals surface area contributed by atoms with E-state index >= 15 is 0 Å². The molecule has 35 heavy (non-hydrogen) atoms. The number of amides is 1. The largest absolute Gasteiger partial charge is 0.481 e. The molecule has 0 unspecified atom stereocenters. The number of aliphatic carboxylic acids is 1. The van der Waals surface area contributed by atoms with Crippen molar-refractivity contribution in [3.8, 4) is 11.1 Å². The molecule has 178 valence electrons. The number of carbonyl (C=O) groups excluding carboxylic acids is 1. The van der Waals surface area contributed by atoms with Crippen LogP contribution in [0.1, 0.15) is 53.0 Å². The summed E-state index contributed by atoms with van der Waals surface area (Å²) in [4.78, 5) is 24.1. The number of hydrogen-bond donors (Lipinski definition) is 2. The van der Waals surface area contributed by atoms with Gasteiger partial charge in [0.2, 0.25) is 11.8 Å². The molecule has 0 radical (unpaired) electrons. The molecular formula is C28H27N3O4. The summed E-state index contributed by atoms with van der Waals surface area (Å²) in [6.07, 6.45) is 2.34. The zero-order chi connectivity index (χ0) is 24.5. The average molecular weight is 470 g/mol. The molecule has 0 bridgehead atoms. The lowest BCUT2D eigenvalue weighted by atomic mass is 10.0. The van der Waals surface area contributed by atoms with Crippen LogP contribution in [-0.4, -0.2) is 27.2 Å². The Balaban J connectivity index is 1.40. The van der Waals surface area contributed by atoms with Crippen LogP contribution in [0.25, 0.3) is 11.1 Å². The molecule has 0 saturated heterocycles. The van der Waals surface area contributed by atoms with E-state index in [-0.39, 0.29) is 24.6 Å². The van der Waals surface area contributed by atoms with E-state index in [2.05, 4.69) is 27.6 Å². The smallest absolute Gasteiger partial charge is 0.303 e. The predicted molar refractivity (Wildman–Crippen MR) is 132 cm³/mol. The van der Waals surface area contributed by atoms with Crippen LogP contribution in [0.4, 0.5) is 0 Å². The minimum atomic E-state index is -0.959. The lowest BCUT2D eigenvalue weighted by molar-refractivity contribution is -0.137. The Labute approximate surface area is 203 Å². The second kappa shape index (κ2) is 11.7. The summed E-state index contributed by atoms with van der Waals surface area (Å²) in [6.45, 7) is 0. The fourth-order valence-corrected chi connectivity index (χ4v) is 3.81. The van der Waals surface area contributed by atoms with E-state index in [4.69, 9.17) is 9.52 Å². The first-order valence-electron chi connectivity index (χ1n) is 11.6.